The van der Waals surface area contributed by atoms with Gasteiger partial charge in [-0.25, -0.2) is 4.68 Å². The van der Waals surface area contributed by atoms with Crippen LogP contribution >= 0.6 is 11.6 Å². The summed E-state index contributed by atoms with van der Waals surface area (Å²) in [6.07, 6.45) is 2.27. The number of H-pyrrole nitrogens is 1. The van der Waals surface area contributed by atoms with Crippen molar-refractivity contribution < 1.29 is 0 Å². The van der Waals surface area contributed by atoms with Crippen LogP contribution in [0.1, 0.15) is 50.8 Å². The van der Waals surface area contributed by atoms with Crippen LogP contribution < -0.4 is 5.56 Å². The molecule has 0 spiro atoms. The summed E-state index contributed by atoms with van der Waals surface area (Å²) in [5.41, 5.74) is 3.33. The topological polar surface area (TPSA) is 37.8 Å². The maximum Gasteiger partial charge on any atom is 0.274 e. The molecule has 4 heteroatoms. The fourth-order valence-corrected chi connectivity index (χ4v) is 4.54. The molecule has 1 saturated carbocycles. The van der Waals surface area contributed by atoms with Crippen LogP contribution in [0.3, 0.4) is 0 Å². The number of hydrogen-bond donors (Lipinski definition) is 1. The average Bonchev–Trinajstić information content (AvgIpc) is 2.95. The van der Waals surface area contributed by atoms with Gasteiger partial charge in [-0.05, 0) is 48.4 Å². The van der Waals surface area contributed by atoms with Crippen LogP contribution in [0.4, 0.5) is 0 Å². The second-order valence-electron chi connectivity index (χ2n) is 7.16. The lowest BCUT2D eigenvalue weighted by atomic mass is 9.70. The summed E-state index contributed by atoms with van der Waals surface area (Å²) in [5, 5.41) is 4.07. The van der Waals surface area contributed by atoms with Gasteiger partial charge in [-0.1, -0.05) is 32.4 Å². The molecule has 1 heterocycles. The van der Waals surface area contributed by atoms with Gasteiger partial charge < -0.3 is 0 Å². The molecule has 0 saturated heterocycles. The van der Waals surface area contributed by atoms with Crippen molar-refractivity contribution in [2.75, 3.05) is 0 Å². The van der Waals surface area contributed by atoms with Crippen molar-refractivity contribution in [3.63, 3.8) is 0 Å². The molecule has 0 radical (unpaired) electrons. The number of fused-ring (bicyclic) bond motifs is 5. The van der Waals surface area contributed by atoms with Gasteiger partial charge in [0, 0.05) is 21.7 Å². The zero-order valence-corrected chi connectivity index (χ0v) is 13.3. The van der Waals surface area contributed by atoms with Crippen LogP contribution in [0.15, 0.2) is 29.1 Å². The second-order valence-corrected chi connectivity index (χ2v) is 7.60. The SMILES string of the molecule is CC1(C)[C@@H]2CC[C@@]1(C)c1[nH]n(-c3ccc(Cl)cc3)c(=O)c12. The minimum Gasteiger partial charge on any atom is -0.294 e. The number of nitrogens with zero attached hydrogens (tertiary/aromatic N) is 1. The highest BCUT2D eigenvalue weighted by Crippen LogP contribution is 2.66. The average molecular weight is 303 g/mol. The third-order valence-corrected chi connectivity index (χ3v) is 6.39. The van der Waals surface area contributed by atoms with Gasteiger partial charge in [0.25, 0.3) is 5.56 Å². The first-order chi connectivity index (χ1) is 9.86. The highest BCUT2D eigenvalue weighted by molar-refractivity contribution is 6.30. The van der Waals surface area contributed by atoms with Crippen molar-refractivity contribution in [1.82, 2.24) is 9.78 Å². The summed E-state index contributed by atoms with van der Waals surface area (Å²) in [5.74, 6) is 0.370. The summed E-state index contributed by atoms with van der Waals surface area (Å²) in [6.45, 7) is 6.89. The van der Waals surface area contributed by atoms with Crippen LogP contribution in [0.2, 0.25) is 5.02 Å². The summed E-state index contributed by atoms with van der Waals surface area (Å²) >= 11 is 5.93. The molecule has 0 amide bonds. The van der Waals surface area contributed by atoms with Gasteiger partial charge in [0.1, 0.15) is 0 Å². The Morgan fingerprint density at radius 3 is 2.52 bits per heavy atom. The largest absolute Gasteiger partial charge is 0.294 e. The summed E-state index contributed by atoms with van der Waals surface area (Å²) < 4.78 is 1.67. The van der Waals surface area contributed by atoms with Crippen molar-refractivity contribution in [3.05, 3.63) is 50.9 Å². The Labute approximate surface area is 128 Å². The van der Waals surface area contributed by atoms with Gasteiger partial charge in [-0.15, -0.1) is 0 Å². The van der Waals surface area contributed by atoms with Gasteiger partial charge in [-0.2, -0.15) is 0 Å². The first kappa shape index (κ1) is 13.2. The lowest BCUT2D eigenvalue weighted by Gasteiger charge is -2.34. The van der Waals surface area contributed by atoms with Crippen LogP contribution in [-0.2, 0) is 5.41 Å². The zero-order valence-electron chi connectivity index (χ0n) is 12.5. The zero-order chi connectivity index (χ0) is 15.0. The van der Waals surface area contributed by atoms with Crippen LogP contribution in [0.5, 0.6) is 0 Å². The lowest BCUT2D eigenvalue weighted by molar-refractivity contribution is 0.224. The number of halogens is 1. The van der Waals surface area contributed by atoms with E-state index in [-0.39, 0.29) is 16.4 Å². The quantitative estimate of drug-likeness (QED) is 0.849. The highest BCUT2D eigenvalue weighted by Gasteiger charge is 2.61. The van der Waals surface area contributed by atoms with Crippen molar-refractivity contribution in [3.8, 4) is 5.69 Å². The Morgan fingerprint density at radius 2 is 1.90 bits per heavy atom. The van der Waals surface area contributed by atoms with E-state index in [4.69, 9.17) is 11.6 Å². The van der Waals surface area contributed by atoms with E-state index in [1.54, 1.807) is 4.68 Å². The van der Waals surface area contributed by atoms with Crippen LogP contribution in [0, 0.1) is 5.41 Å². The molecule has 1 aromatic heterocycles. The number of benzene rings is 1. The van der Waals surface area contributed by atoms with Crippen molar-refractivity contribution >= 4 is 11.6 Å². The van der Waals surface area contributed by atoms with Crippen LogP contribution in [-0.4, -0.2) is 9.78 Å². The molecule has 3 nitrogen and oxygen atoms in total. The minimum atomic E-state index is 0.0732. The first-order valence-electron chi connectivity index (χ1n) is 7.47. The molecule has 2 aliphatic rings. The Morgan fingerprint density at radius 1 is 1.24 bits per heavy atom. The molecule has 0 aliphatic heterocycles. The summed E-state index contributed by atoms with van der Waals surface area (Å²) in [7, 11) is 0. The van der Waals surface area contributed by atoms with E-state index in [1.165, 1.54) is 0 Å². The molecular formula is C17H19ClN2O. The van der Waals surface area contributed by atoms with Crippen molar-refractivity contribution in [2.45, 2.75) is 44.9 Å². The van der Waals surface area contributed by atoms with Gasteiger partial charge in [0.05, 0.1) is 5.69 Å². The molecule has 2 atom stereocenters. The van der Waals surface area contributed by atoms with E-state index in [0.717, 1.165) is 29.8 Å². The van der Waals surface area contributed by atoms with Gasteiger partial charge in [0.15, 0.2) is 0 Å². The van der Waals surface area contributed by atoms with E-state index in [9.17, 15) is 4.79 Å². The molecule has 21 heavy (non-hydrogen) atoms. The second kappa shape index (κ2) is 3.83. The monoisotopic (exact) mass is 302 g/mol. The molecule has 2 bridgehead atoms. The predicted molar refractivity (Wildman–Crippen MR) is 84.5 cm³/mol. The maximum atomic E-state index is 12.9. The van der Waals surface area contributed by atoms with Gasteiger partial charge >= 0.3 is 0 Å². The fraction of sp³-hybridized carbons (Fsp3) is 0.471. The fourth-order valence-electron chi connectivity index (χ4n) is 4.42. The molecule has 2 aliphatic carbocycles. The van der Waals surface area contributed by atoms with E-state index < -0.39 is 0 Å². The molecule has 2 aromatic rings. The first-order valence-corrected chi connectivity index (χ1v) is 7.85. The summed E-state index contributed by atoms with van der Waals surface area (Å²) in [6, 6.07) is 7.39. The number of nitrogens with one attached hydrogen (secondary N) is 1. The normalized spacial score (nSPS) is 28.9. The highest BCUT2D eigenvalue weighted by atomic mass is 35.5. The van der Waals surface area contributed by atoms with E-state index in [1.807, 2.05) is 24.3 Å². The Kier molecular flexibility index (Phi) is 2.41. The molecule has 0 unspecified atom stereocenters. The molecule has 4 rings (SSSR count). The lowest BCUT2D eigenvalue weighted by Crippen LogP contribution is -2.33. The standard InChI is InChI=1S/C17H19ClN2O/c1-16(2)12-8-9-17(16,3)14-13(12)15(21)20(19-14)11-6-4-10(18)5-7-11/h4-7,12,19H,8-9H2,1-3H3/t12-,17+/m1/s1. The van der Waals surface area contributed by atoms with Gasteiger partial charge in [0.2, 0.25) is 0 Å². The van der Waals surface area contributed by atoms with Gasteiger partial charge in [-0.3, -0.25) is 9.89 Å². The summed E-state index contributed by atoms with van der Waals surface area (Å²) in [4.78, 5) is 12.9. The Bertz CT molecular complexity index is 784. The molecule has 1 N–H and O–H groups in total. The Balaban J connectivity index is 1.93. The van der Waals surface area contributed by atoms with E-state index >= 15 is 0 Å². The predicted octanol–water partition coefficient (Wildman–Crippen LogP) is 3.99. The number of rotatable bonds is 1. The smallest absolute Gasteiger partial charge is 0.274 e. The van der Waals surface area contributed by atoms with E-state index in [0.29, 0.717) is 10.9 Å². The number of hydrogen-bond acceptors (Lipinski definition) is 1. The minimum absolute atomic E-state index is 0.0732. The number of aromatic nitrogens is 2. The molecule has 1 aromatic carbocycles. The van der Waals surface area contributed by atoms with Crippen LogP contribution in [0.25, 0.3) is 5.69 Å². The van der Waals surface area contributed by atoms with Crippen molar-refractivity contribution in [1.29, 1.82) is 0 Å². The van der Waals surface area contributed by atoms with E-state index in [2.05, 4.69) is 25.9 Å². The van der Waals surface area contributed by atoms with Crippen molar-refractivity contribution in [2.24, 2.45) is 5.41 Å². The Hall–Kier alpha value is -1.48. The molecule has 110 valence electrons. The third-order valence-electron chi connectivity index (χ3n) is 6.14. The molecule has 1 fully saturated rings. The number of aromatic amines is 1. The molecular weight excluding hydrogens is 284 g/mol. The third kappa shape index (κ3) is 1.43. The maximum absolute atomic E-state index is 12.9.